The van der Waals surface area contributed by atoms with Crippen molar-refractivity contribution in [2.75, 3.05) is 11.4 Å². The van der Waals surface area contributed by atoms with Crippen LogP contribution >= 0.6 is 0 Å². The summed E-state index contributed by atoms with van der Waals surface area (Å²) >= 11 is 0. The topological polar surface area (TPSA) is 29.3 Å². The van der Waals surface area contributed by atoms with Gasteiger partial charge in [0.05, 0.1) is 0 Å². The van der Waals surface area contributed by atoms with Crippen molar-refractivity contribution >= 4 is 5.69 Å². The Morgan fingerprint density at radius 2 is 2.07 bits per heavy atom. The maximum absolute atomic E-state index is 6.20. The zero-order valence-electron chi connectivity index (χ0n) is 9.02. The first kappa shape index (κ1) is 9.22. The van der Waals surface area contributed by atoms with E-state index in [0.29, 0.717) is 12.1 Å². The molecule has 2 heterocycles. The third kappa shape index (κ3) is 1.44. The minimum atomic E-state index is 0.382. The Labute approximate surface area is 91.1 Å². The van der Waals surface area contributed by atoms with E-state index in [0.717, 1.165) is 0 Å². The molecule has 1 fully saturated rings. The first-order chi connectivity index (χ1) is 7.36. The largest absolute Gasteiger partial charge is 0.367 e. The van der Waals surface area contributed by atoms with Gasteiger partial charge in [-0.05, 0) is 37.3 Å². The second kappa shape index (κ2) is 3.53. The number of rotatable bonds is 0. The molecular formula is C13H18N2. The summed E-state index contributed by atoms with van der Waals surface area (Å²) in [4.78, 5) is 2.53. The van der Waals surface area contributed by atoms with Gasteiger partial charge in [0.2, 0.25) is 0 Å². The molecule has 2 heteroatoms. The molecule has 0 spiro atoms. The summed E-state index contributed by atoms with van der Waals surface area (Å²) in [6.45, 7) is 1.19. The van der Waals surface area contributed by atoms with Crippen molar-refractivity contribution in [3.63, 3.8) is 0 Å². The standard InChI is InChI=1S/C13H18N2/c14-11-5-3-9-15-12-6-2-1-4-10(12)7-8-13(11)15/h1-2,4,6,11,13H,3,5,7-9,14H2. The predicted octanol–water partition coefficient (Wildman–Crippen LogP) is 1.93. The second-order valence-electron chi connectivity index (χ2n) is 4.73. The lowest BCUT2D eigenvalue weighted by atomic mass is 9.87. The Bertz CT molecular complexity index is 361. The molecule has 0 bridgehead atoms. The highest BCUT2D eigenvalue weighted by Gasteiger charge is 2.32. The third-order valence-corrected chi connectivity index (χ3v) is 3.84. The monoisotopic (exact) mass is 202 g/mol. The molecule has 2 unspecified atom stereocenters. The minimum Gasteiger partial charge on any atom is -0.367 e. The van der Waals surface area contributed by atoms with Crippen molar-refractivity contribution in [2.24, 2.45) is 5.73 Å². The molecule has 0 saturated carbocycles. The van der Waals surface area contributed by atoms with Gasteiger partial charge in [-0.1, -0.05) is 18.2 Å². The van der Waals surface area contributed by atoms with Crippen LogP contribution in [0, 0.1) is 0 Å². The van der Waals surface area contributed by atoms with Crippen LogP contribution in [0.25, 0.3) is 0 Å². The Morgan fingerprint density at radius 3 is 3.00 bits per heavy atom. The minimum absolute atomic E-state index is 0.382. The molecule has 0 radical (unpaired) electrons. The fourth-order valence-corrected chi connectivity index (χ4v) is 3.06. The maximum atomic E-state index is 6.20. The van der Waals surface area contributed by atoms with E-state index in [1.54, 1.807) is 0 Å². The summed E-state index contributed by atoms with van der Waals surface area (Å²) in [7, 11) is 0. The Balaban J connectivity index is 1.99. The third-order valence-electron chi connectivity index (χ3n) is 3.84. The van der Waals surface area contributed by atoms with Gasteiger partial charge >= 0.3 is 0 Å². The second-order valence-corrected chi connectivity index (χ2v) is 4.73. The molecule has 80 valence electrons. The van der Waals surface area contributed by atoms with Gasteiger partial charge in [-0.3, -0.25) is 0 Å². The fraction of sp³-hybridized carbons (Fsp3) is 0.538. The van der Waals surface area contributed by atoms with Crippen molar-refractivity contribution < 1.29 is 0 Å². The van der Waals surface area contributed by atoms with Gasteiger partial charge in [-0.2, -0.15) is 0 Å². The number of para-hydroxylation sites is 1. The van der Waals surface area contributed by atoms with E-state index in [9.17, 15) is 0 Å². The quantitative estimate of drug-likeness (QED) is 0.696. The number of aryl methyl sites for hydroxylation is 1. The summed E-state index contributed by atoms with van der Waals surface area (Å²) in [5.41, 5.74) is 9.14. The molecule has 3 rings (SSSR count). The van der Waals surface area contributed by atoms with E-state index in [-0.39, 0.29) is 0 Å². The number of piperidine rings is 1. The van der Waals surface area contributed by atoms with E-state index in [4.69, 9.17) is 5.73 Å². The summed E-state index contributed by atoms with van der Waals surface area (Å²) in [6, 6.07) is 9.76. The highest BCUT2D eigenvalue weighted by Crippen LogP contribution is 2.34. The van der Waals surface area contributed by atoms with Crippen LogP contribution in [0.5, 0.6) is 0 Å². The van der Waals surface area contributed by atoms with Crippen LogP contribution in [0.2, 0.25) is 0 Å². The summed E-state index contributed by atoms with van der Waals surface area (Å²) < 4.78 is 0. The van der Waals surface area contributed by atoms with Crippen LogP contribution in [0.1, 0.15) is 24.8 Å². The van der Waals surface area contributed by atoms with E-state index < -0.39 is 0 Å². The number of nitrogens with zero attached hydrogens (tertiary/aromatic N) is 1. The van der Waals surface area contributed by atoms with E-state index in [2.05, 4.69) is 29.2 Å². The van der Waals surface area contributed by atoms with Gasteiger partial charge in [0.1, 0.15) is 0 Å². The number of fused-ring (bicyclic) bond motifs is 3. The molecule has 2 aliphatic rings. The normalized spacial score (nSPS) is 29.5. The Morgan fingerprint density at radius 1 is 1.20 bits per heavy atom. The molecule has 1 saturated heterocycles. The summed E-state index contributed by atoms with van der Waals surface area (Å²) in [5, 5.41) is 0. The number of hydrogen-bond acceptors (Lipinski definition) is 2. The smallest absolute Gasteiger partial charge is 0.0444 e. The van der Waals surface area contributed by atoms with Gasteiger partial charge in [0.15, 0.2) is 0 Å². The van der Waals surface area contributed by atoms with Crippen molar-refractivity contribution in [1.29, 1.82) is 0 Å². The molecule has 0 aromatic heterocycles. The first-order valence-electron chi connectivity index (χ1n) is 5.96. The summed E-state index contributed by atoms with van der Waals surface area (Å²) in [5.74, 6) is 0. The van der Waals surface area contributed by atoms with Crippen LogP contribution in [0.3, 0.4) is 0 Å². The van der Waals surface area contributed by atoms with Crippen LogP contribution < -0.4 is 10.6 Å². The molecule has 1 aromatic carbocycles. The molecule has 0 aliphatic carbocycles. The van der Waals surface area contributed by atoms with Gasteiger partial charge in [-0.15, -0.1) is 0 Å². The molecule has 0 amide bonds. The van der Waals surface area contributed by atoms with Crippen LogP contribution in [-0.2, 0) is 6.42 Å². The maximum Gasteiger partial charge on any atom is 0.0444 e. The van der Waals surface area contributed by atoms with E-state index in [1.807, 2.05) is 0 Å². The van der Waals surface area contributed by atoms with Crippen molar-refractivity contribution in [3.8, 4) is 0 Å². The summed E-state index contributed by atoms with van der Waals surface area (Å²) in [6.07, 6.45) is 4.87. The number of benzene rings is 1. The molecule has 2 nitrogen and oxygen atoms in total. The predicted molar refractivity (Wildman–Crippen MR) is 63.1 cm³/mol. The van der Waals surface area contributed by atoms with E-state index >= 15 is 0 Å². The van der Waals surface area contributed by atoms with Gasteiger partial charge in [0.25, 0.3) is 0 Å². The van der Waals surface area contributed by atoms with Crippen molar-refractivity contribution in [1.82, 2.24) is 0 Å². The lowest BCUT2D eigenvalue weighted by molar-refractivity contribution is 0.372. The number of hydrogen-bond donors (Lipinski definition) is 1. The van der Waals surface area contributed by atoms with E-state index in [1.165, 1.54) is 43.5 Å². The molecule has 15 heavy (non-hydrogen) atoms. The van der Waals surface area contributed by atoms with Gasteiger partial charge in [0, 0.05) is 24.3 Å². The molecule has 1 aromatic rings. The highest BCUT2D eigenvalue weighted by atomic mass is 15.2. The van der Waals surface area contributed by atoms with Gasteiger partial charge in [-0.25, -0.2) is 0 Å². The SMILES string of the molecule is NC1CCCN2c3ccccc3CCC12. The molecular weight excluding hydrogens is 184 g/mol. The van der Waals surface area contributed by atoms with Crippen molar-refractivity contribution in [3.05, 3.63) is 29.8 Å². The van der Waals surface area contributed by atoms with Crippen molar-refractivity contribution in [2.45, 2.75) is 37.8 Å². The first-order valence-corrected chi connectivity index (χ1v) is 5.96. The number of anilines is 1. The Kier molecular flexibility index (Phi) is 2.17. The molecule has 2 aliphatic heterocycles. The zero-order chi connectivity index (χ0) is 10.3. The van der Waals surface area contributed by atoms with Gasteiger partial charge < -0.3 is 10.6 Å². The molecule has 2 N–H and O–H groups in total. The lowest BCUT2D eigenvalue weighted by Crippen LogP contribution is -2.54. The molecule has 2 atom stereocenters. The van der Waals surface area contributed by atoms with Crippen LogP contribution in [0.15, 0.2) is 24.3 Å². The van der Waals surface area contributed by atoms with Crippen LogP contribution in [-0.4, -0.2) is 18.6 Å². The fourth-order valence-electron chi connectivity index (χ4n) is 3.06. The zero-order valence-corrected chi connectivity index (χ0v) is 9.02. The Hall–Kier alpha value is -1.02. The average molecular weight is 202 g/mol. The van der Waals surface area contributed by atoms with Crippen LogP contribution in [0.4, 0.5) is 5.69 Å². The lowest BCUT2D eigenvalue weighted by Gasteiger charge is -2.45. The highest BCUT2D eigenvalue weighted by molar-refractivity contribution is 5.57. The average Bonchev–Trinajstić information content (AvgIpc) is 2.29. The number of nitrogens with two attached hydrogens (primary N) is 1.